The zero-order valence-corrected chi connectivity index (χ0v) is 12.2. The fourth-order valence-corrected chi connectivity index (χ4v) is 2.41. The molecule has 116 valence electrons. The van der Waals surface area contributed by atoms with Crippen LogP contribution >= 0.6 is 0 Å². The van der Waals surface area contributed by atoms with E-state index in [9.17, 15) is 0 Å². The van der Waals surface area contributed by atoms with E-state index >= 15 is 0 Å². The standard InChI is InChI=1S/C13H22N6O2/c1-10-9-11(12(14)17-21)16-13(15-10)19-4-2-3-18(5-6-19)7-8-20/h9,20-21H,2-8H2,1H3,(H2,14,17). The number of rotatable bonds is 4. The van der Waals surface area contributed by atoms with Crippen LogP contribution in [-0.4, -0.2) is 70.3 Å². The van der Waals surface area contributed by atoms with Gasteiger partial charge in [-0.3, -0.25) is 4.90 Å². The number of aliphatic hydroxyl groups is 1. The van der Waals surface area contributed by atoms with Crippen LogP contribution in [0.15, 0.2) is 11.2 Å². The molecule has 1 saturated heterocycles. The lowest BCUT2D eigenvalue weighted by atomic mass is 10.3. The Morgan fingerprint density at radius 2 is 2.14 bits per heavy atom. The molecule has 0 aromatic carbocycles. The second kappa shape index (κ2) is 7.19. The maximum atomic E-state index is 9.02. The van der Waals surface area contributed by atoms with E-state index in [1.54, 1.807) is 6.07 Å². The van der Waals surface area contributed by atoms with Gasteiger partial charge in [0.1, 0.15) is 5.69 Å². The van der Waals surface area contributed by atoms with Gasteiger partial charge in [-0.25, -0.2) is 9.97 Å². The molecule has 8 heteroatoms. The molecule has 0 aliphatic carbocycles. The average Bonchev–Trinajstić information content (AvgIpc) is 2.72. The highest BCUT2D eigenvalue weighted by atomic mass is 16.4. The van der Waals surface area contributed by atoms with Crippen LogP contribution in [0.4, 0.5) is 5.95 Å². The van der Waals surface area contributed by atoms with E-state index in [-0.39, 0.29) is 12.4 Å². The van der Waals surface area contributed by atoms with E-state index in [4.69, 9.17) is 16.0 Å². The van der Waals surface area contributed by atoms with Crippen LogP contribution in [0.3, 0.4) is 0 Å². The van der Waals surface area contributed by atoms with Crippen LogP contribution < -0.4 is 10.6 Å². The first-order valence-corrected chi connectivity index (χ1v) is 7.06. The van der Waals surface area contributed by atoms with Crippen LogP contribution in [0, 0.1) is 6.92 Å². The van der Waals surface area contributed by atoms with Gasteiger partial charge in [0.05, 0.1) is 6.61 Å². The number of β-amino-alcohol motifs (C(OH)–C–C–N with tert-alkyl or cyclic N) is 1. The summed E-state index contributed by atoms with van der Waals surface area (Å²) >= 11 is 0. The van der Waals surface area contributed by atoms with Gasteiger partial charge in [-0.2, -0.15) is 0 Å². The Kier molecular flexibility index (Phi) is 5.29. The third-order valence-electron chi connectivity index (χ3n) is 3.50. The summed E-state index contributed by atoms with van der Waals surface area (Å²) in [5, 5.41) is 20.8. The minimum atomic E-state index is -0.0153. The van der Waals surface area contributed by atoms with Crippen molar-refractivity contribution in [1.29, 1.82) is 0 Å². The maximum absolute atomic E-state index is 9.02. The number of nitrogens with zero attached hydrogens (tertiary/aromatic N) is 5. The zero-order chi connectivity index (χ0) is 15.2. The van der Waals surface area contributed by atoms with Crippen molar-refractivity contribution < 1.29 is 10.3 Å². The van der Waals surface area contributed by atoms with Crippen molar-refractivity contribution in [3.8, 4) is 0 Å². The van der Waals surface area contributed by atoms with Gasteiger partial charge in [-0.05, 0) is 26.0 Å². The SMILES string of the molecule is Cc1cc(/C(N)=N/O)nc(N2CCCN(CCO)CC2)n1. The van der Waals surface area contributed by atoms with Crippen molar-refractivity contribution in [2.75, 3.05) is 44.2 Å². The molecule has 0 saturated carbocycles. The summed E-state index contributed by atoms with van der Waals surface area (Å²) < 4.78 is 0. The van der Waals surface area contributed by atoms with Crippen LogP contribution in [0.25, 0.3) is 0 Å². The predicted octanol–water partition coefficient (Wildman–Crippen LogP) is -0.616. The molecular formula is C13H22N6O2. The van der Waals surface area contributed by atoms with Gasteiger partial charge in [0.2, 0.25) is 5.95 Å². The molecule has 0 atom stereocenters. The third kappa shape index (κ3) is 4.02. The van der Waals surface area contributed by atoms with E-state index in [0.717, 1.165) is 38.3 Å². The fourth-order valence-electron chi connectivity index (χ4n) is 2.41. The molecule has 2 heterocycles. The van der Waals surface area contributed by atoms with E-state index in [2.05, 4.69) is 24.9 Å². The first kappa shape index (κ1) is 15.5. The summed E-state index contributed by atoms with van der Waals surface area (Å²) in [6.07, 6.45) is 0.982. The first-order valence-electron chi connectivity index (χ1n) is 7.06. The van der Waals surface area contributed by atoms with Gasteiger partial charge in [0.15, 0.2) is 5.84 Å². The molecule has 0 spiro atoms. The van der Waals surface area contributed by atoms with Crippen molar-refractivity contribution in [2.24, 2.45) is 10.9 Å². The molecular weight excluding hydrogens is 272 g/mol. The number of amidine groups is 1. The molecule has 1 aliphatic heterocycles. The molecule has 0 radical (unpaired) electrons. The van der Waals surface area contributed by atoms with E-state index in [1.165, 1.54) is 0 Å². The molecule has 8 nitrogen and oxygen atoms in total. The van der Waals surface area contributed by atoms with Crippen molar-refractivity contribution >= 4 is 11.8 Å². The third-order valence-corrected chi connectivity index (χ3v) is 3.50. The fraction of sp³-hybridized carbons (Fsp3) is 0.615. The molecule has 1 fully saturated rings. The first-order chi connectivity index (χ1) is 10.1. The Morgan fingerprint density at radius 1 is 1.33 bits per heavy atom. The molecule has 1 aromatic rings. The van der Waals surface area contributed by atoms with Gasteiger partial charge in [-0.1, -0.05) is 5.16 Å². The van der Waals surface area contributed by atoms with Crippen molar-refractivity contribution in [3.05, 3.63) is 17.5 Å². The smallest absolute Gasteiger partial charge is 0.226 e. The Hall–Kier alpha value is -1.93. The lowest BCUT2D eigenvalue weighted by Crippen LogP contribution is -2.33. The van der Waals surface area contributed by atoms with E-state index < -0.39 is 0 Å². The summed E-state index contributed by atoms with van der Waals surface area (Å²) in [6, 6.07) is 1.69. The molecule has 0 unspecified atom stereocenters. The van der Waals surface area contributed by atoms with Gasteiger partial charge in [-0.15, -0.1) is 0 Å². The molecule has 2 rings (SSSR count). The molecule has 4 N–H and O–H groups in total. The normalized spacial score (nSPS) is 17.8. The largest absolute Gasteiger partial charge is 0.409 e. The summed E-state index contributed by atoms with van der Waals surface area (Å²) in [5.41, 5.74) is 6.81. The lowest BCUT2D eigenvalue weighted by molar-refractivity contribution is 0.204. The molecule has 21 heavy (non-hydrogen) atoms. The van der Waals surface area contributed by atoms with Crippen LogP contribution in [0.5, 0.6) is 0 Å². The quantitative estimate of drug-likeness (QED) is 0.294. The second-order valence-corrected chi connectivity index (χ2v) is 5.09. The van der Waals surface area contributed by atoms with Crippen molar-refractivity contribution in [2.45, 2.75) is 13.3 Å². The Bertz CT molecular complexity index is 507. The maximum Gasteiger partial charge on any atom is 0.226 e. The van der Waals surface area contributed by atoms with Gasteiger partial charge in [0, 0.05) is 31.9 Å². The molecule has 1 aromatic heterocycles. The van der Waals surface area contributed by atoms with Crippen molar-refractivity contribution in [3.63, 3.8) is 0 Å². The van der Waals surface area contributed by atoms with E-state index in [1.807, 2.05) is 6.92 Å². The number of anilines is 1. The molecule has 1 aliphatic rings. The molecule has 0 bridgehead atoms. The topological polar surface area (TPSA) is 111 Å². The minimum absolute atomic E-state index is 0.0153. The van der Waals surface area contributed by atoms with Crippen LogP contribution in [0.1, 0.15) is 17.8 Å². The second-order valence-electron chi connectivity index (χ2n) is 5.09. The number of aliphatic hydroxyl groups excluding tert-OH is 1. The monoisotopic (exact) mass is 294 g/mol. The number of aryl methyl sites for hydroxylation is 1. The van der Waals surface area contributed by atoms with Gasteiger partial charge >= 0.3 is 0 Å². The van der Waals surface area contributed by atoms with Gasteiger partial charge < -0.3 is 20.9 Å². The predicted molar refractivity (Wildman–Crippen MR) is 79.6 cm³/mol. The average molecular weight is 294 g/mol. The van der Waals surface area contributed by atoms with Crippen LogP contribution in [-0.2, 0) is 0 Å². The van der Waals surface area contributed by atoms with Gasteiger partial charge in [0.25, 0.3) is 0 Å². The van der Waals surface area contributed by atoms with Crippen molar-refractivity contribution in [1.82, 2.24) is 14.9 Å². The Morgan fingerprint density at radius 3 is 2.86 bits per heavy atom. The minimum Gasteiger partial charge on any atom is -0.409 e. The number of aromatic nitrogens is 2. The Balaban J connectivity index is 2.16. The highest BCUT2D eigenvalue weighted by Crippen LogP contribution is 2.13. The lowest BCUT2D eigenvalue weighted by Gasteiger charge is -2.22. The summed E-state index contributed by atoms with van der Waals surface area (Å²) in [7, 11) is 0. The number of nitrogens with two attached hydrogens (primary N) is 1. The summed E-state index contributed by atoms with van der Waals surface area (Å²) in [5.74, 6) is 0.584. The molecule has 0 amide bonds. The van der Waals surface area contributed by atoms with Crippen LogP contribution in [0.2, 0.25) is 0 Å². The Labute approximate surface area is 123 Å². The highest BCUT2D eigenvalue weighted by Gasteiger charge is 2.18. The van der Waals surface area contributed by atoms with E-state index in [0.29, 0.717) is 18.2 Å². The number of hydrogen-bond donors (Lipinski definition) is 3. The summed E-state index contributed by atoms with van der Waals surface area (Å²) in [4.78, 5) is 13.1. The summed E-state index contributed by atoms with van der Waals surface area (Å²) in [6.45, 7) is 6.18. The highest BCUT2D eigenvalue weighted by molar-refractivity contribution is 5.95. The zero-order valence-electron chi connectivity index (χ0n) is 12.2. The number of oxime groups is 1. The number of hydrogen-bond acceptors (Lipinski definition) is 7.